The van der Waals surface area contributed by atoms with Crippen molar-refractivity contribution < 1.29 is 9.90 Å². The van der Waals surface area contributed by atoms with Gasteiger partial charge < -0.3 is 9.67 Å². The monoisotopic (exact) mass is 279 g/mol. The molecule has 0 spiro atoms. The lowest BCUT2D eigenvalue weighted by Crippen LogP contribution is -2.12. The Kier molecular flexibility index (Phi) is 3.85. The number of halogens is 1. The average Bonchev–Trinajstić information content (AvgIpc) is 2.69. The molecular formula is C15H18ClNO2. The van der Waals surface area contributed by atoms with E-state index < -0.39 is 11.9 Å². The topological polar surface area (TPSA) is 42.2 Å². The molecule has 2 aromatic rings. The first-order valence-electron chi connectivity index (χ1n) is 6.42. The number of benzene rings is 1. The van der Waals surface area contributed by atoms with Gasteiger partial charge in [0, 0.05) is 17.6 Å². The van der Waals surface area contributed by atoms with Crippen molar-refractivity contribution in [3.05, 3.63) is 35.0 Å². The first-order valence-corrected chi connectivity index (χ1v) is 6.80. The molecule has 0 aliphatic carbocycles. The van der Waals surface area contributed by atoms with Gasteiger partial charge in [0.15, 0.2) is 0 Å². The Morgan fingerprint density at radius 3 is 2.63 bits per heavy atom. The van der Waals surface area contributed by atoms with Crippen molar-refractivity contribution in [2.45, 2.75) is 33.2 Å². The maximum atomic E-state index is 11.0. The number of rotatable bonds is 4. The van der Waals surface area contributed by atoms with Crippen LogP contribution >= 0.6 is 11.6 Å². The molecule has 0 fully saturated rings. The number of fused-ring (bicyclic) bond motifs is 1. The number of carboxylic acid groups (broad SMARTS) is 1. The van der Waals surface area contributed by atoms with Gasteiger partial charge in [-0.3, -0.25) is 4.79 Å². The molecule has 102 valence electrons. The van der Waals surface area contributed by atoms with E-state index in [2.05, 4.69) is 18.4 Å². The smallest absolute Gasteiger partial charge is 0.306 e. The second-order valence-electron chi connectivity index (χ2n) is 5.23. The van der Waals surface area contributed by atoms with E-state index in [0.29, 0.717) is 17.5 Å². The maximum absolute atomic E-state index is 11.0. The van der Waals surface area contributed by atoms with Gasteiger partial charge in [-0.05, 0) is 38.0 Å². The standard InChI is InChI=1S/C15H18ClNO2/c1-9(2)17-8-11(7-10(3)15(18)19)14-12(16)5-4-6-13(14)17/h4-6,8-10H,7H2,1-3H3,(H,18,19). The third kappa shape index (κ3) is 2.61. The van der Waals surface area contributed by atoms with Crippen LogP contribution in [0.3, 0.4) is 0 Å². The Labute approximate surface area is 117 Å². The van der Waals surface area contributed by atoms with Crippen LogP contribution in [0.25, 0.3) is 10.9 Å². The molecule has 3 nitrogen and oxygen atoms in total. The summed E-state index contributed by atoms with van der Waals surface area (Å²) in [6.07, 6.45) is 2.52. The Morgan fingerprint density at radius 1 is 1.37 bits per heavy atom. The van der Waals surface area contributed by atoms with E-state index in [1.54, 1.807) is 6.92 Å². The predicted molar refractivity (Wildman–Crippen MR) is 77.8 cm³/mol. The first-order chi connectivity index (χ1) is 8.91. The normalized spacial score (nSPS) is 13.1. The van der Waals surface area contributed by atoms with Crippen LogP contribution in [0.1, 0.15) is 32.4 Å². The second kappa shape index (κ2) is 5.25. The van der Waals surface area contributed by atoms with Gasteiger partial charge in [-0.1, -0.05) is 24.6 Å². The van der Waals surface area contributed by atoms with Crippen LogP contribution in [0.5, 0.6) is 0 Å². The molecular weight excluding hydrogens is 262 g/mol. The highest BCUT2D eigenvalue weighted by Gasteiger charge is 2.18. The maximum Gasteiger partial charge on any atom is 0.306 e. The molecule has 0 aliphatic rings. The van der Waals surface area contributed by atoms with E-state index >= 15 is 0 Å². The average molecular weight is 280 g/mol. The van der Waals surface area contributed by atoms with Gasteiger partial charge in [-0.25, -0.2) is 0 Å². The summed E-state index contributed by atoms with van der Waals surface area (Å²) in [6, 6.07) is 6.11. The summed E-state index contributed by atoms with van der Waals surface area (Å²) in [5.41, 5.74) is 2.07. The number of carbonyl (C=O) groups is 1. The molecule has 0 saturated carbocycles. The minimum Gasteiger partial charge on any atom is -0.481 e. The number of aromatic nitrogens is 1. The summed E-state index contributed by atoms with van der Waals surface area (Å²) >= 11 is 6.28. The molecule has 0 bridgehead atoms. The van der Waals surface area contributed by atoms with Crippen molar-refractivity contribution in [1.29, 1.82) is 0 Å². The molecule has 1 aromatic heterocycles. The van der Waals surface area contributed by atoms with Crippen molar-refractivity contribution in [3.8, 4) is 0 Å². The van der Waals surface area contributed by atoms with Crippen LogP contribution in [0.15, 0.2) is 24.4 Å². The van der Waals surface area contributed by atoms with Gasteiger partial charge in [-0.15, -0.1) is 0 Å². The highest BCUT2D eigenvalue weighted by Crippen LogP contribution is 2.32. The van der Waals surface area contributed by atoms with Gasteiger partial charge in [0.05, 0.1) is 16.5 Å². The van der Waals surface area contributed by atoms with Crippen molar-refractivity contribution in [2.24, 2.45) is 5.92 Å². The van der Waals surface area contributed by atoms with Crippen molar-refractivity contribution in [2.75, 3.05) is 0 Å². The summed E-state index contributed by atoms with van der Waals surface area (Å²) in [7, 11) is 0. The molecule has 4 heteroatoms. The lowest BCUT2D eigenvalue weighted by molar-refractivity contribution is -0.141. The SMILES string of the molecule is CC(Cc1cn(C(C)C)c2cccc(Cl)c12)C(=O)O. The molecule has 0 amide bonds. The Hall–Kier alpha value is -1.48. The zero-order chi connectivity index (χ0) is 14.2. The second-order valence-corrected chi connectivity index (χ2v) is 5.64. The van der Waals surface area contributed by atoms with Gasteiger partial charge in [0.2, 0.25) is 0 Å². The van der Waals surface area contributed by atoms with Crippen molar-refractivity contribution in [3.63, 3.8) is 0 Å². The number of hydrogen-bond donors (Lipinski definition) is 1. The fourth-order valence-corrected chi connectivity index (χ4v) is 2.64. The predicted octanol–water partition coefficient (Wildman–Crippen LogP) is 4.14. The molecule has 0 radical (unpaired) electrons. The highest BCUT2D eigenvalue weighted by molar-refractivity contribution is 6.35. The van der Waals surface area contributed by atoms with E-state index in [-0.39, 0.29) is 0 Å². The molecule has 1 atom stereocenters. The van der Waals surface area contributed by atoms with Crippen LogP contribution in [-0.4, -0.2) is 15.6 Å². The Balaban J connectivity index is 2.57. The van der Waals surface area contributed by atoms with Crippen molar-refractivity contribution in [1.82, 2.24) is 4.57 Å². The zero-order valence-electron chi connectivity index (χ0n) is 11.4. The van der Waals surface area contributed by atoms with Crippen LogP contribution in [0, 0.1) is 5.92 Å². The number of aliphatic carboxylic acids is 1. The summed E-state index contributed by atoms with van der Waals surface area (Å²) in [6.45, 7) is 5.92. The van der Waals surface area contributed by atoms with Crippen LogP contribution in [0.4, 0.5) is 0 Å². The van der Waals surface area contributed by atoms with E-state index in [0.717, 1.165) is 16.5 Å². The largest absolute Gasteiger partial charge is 0.481 e. The Morgan fingerprint density at radius 2 is 2.05 bits per heavy atom. The molecule has 1 heterocycles. The van der Waals surface area contributed by atoms with Crippen molar-refractivity contribution >= 4 is 28.5 Å². The molecule has 1 aromatic carbocycles. The molecule has 0 aliphatic heterocycles. The van der Waals surface area contributed by atoms with Gasteiger partial charge in [-0.2, -0.15) is 0 Å². The van der Waals surface area contributed by atoms with Gasteiger partial charge in [0.1, 0.15) is 0 Å². The zero-order valence-corrected chi connectivity index (χ0v) is 12.1. The minimum atomic E-state index is -0.780. The van der Waals surface area contributed by atoms with Crippen LogP contribution < -0.4 is 0 Å². The van der Waals surface area contributed by atoms with Gasteiger partial charge >= 0.3 is 5.97 Å². The fourth-order valence-electron chi connectivity index (χ4n) is 2.35. The van der Waals surface area contributed by atoms with E-state index in [4.69, 9.17) is 16.7 Å². The van der Waals surface area contributed by atoms with Crippen LogP contribution in [0.2, 0.25) is 5.02 Å². The molecule has 19 heavy (non-hydrogen) atoms. The lowest BCUT2D eigenvalue weighted by atomic mass is 10.0. The van der Waals surface area contributed by atoms with E-state index in [1.165, 1.54) is 0 Å². The lowest BCUT2D eigenvalue weighted by Gasteiger charge is -2.08. The van der Waals surface area contributed by atoms with E-state index in [9.17, 15) is 4.79 Å². The van der Waals surface area contributed by atoms with E-state index in [1.807, 2.05) is 24.4 Å². The summed E-state index contributed by atoms with van der Waals surface area (Å²) < 4.78 is 2.14. The van der Waals surface area contributed by atoms with Crippen LogP contribution in [-0.2, 0) is 11.2 Å². The minimum absolute atomic E-state index is 0.315. The first kappa shape index (κ1) is 13.9. The fraction of sp³-hybridized carbons (Fsp3) is 0.400. The third-order valence-electron chi connectivity index (χ3n) is 3.39. The number of carboxylic acids is 1. The quantitative estimate of drug-likeness (QED) is 0.914. The molecule has 1 N–H and O–H groups in total. The molecule has 1 unspecified atom stereocenters. The number of hydrogen-bond acceptors (Lipinski definition) is 1. The molecule has 2 rings (SSSR count). The van der Waals surface area contributed by atoms with Gasteiger partial charge in [0.25, 0.3) is 0 Å². The third-order valence-corrected chi connectivity index (χ3v) is 3.70. The highest BCUT2D eigenvalue weighted by atomic mass is 35.5. The molecule has 0 saturated heterocycles. The number of nitrogens with zero attached hydrogens (tertiary/aromatic N) is 1. The summed E-state index contributed by atoms with van der Waals surface area (Å²) in [5, 5.41) is 10.7. The Bertz CT molecular complexity index is 616. The summed E-state index contributed by atoms with van der Waals surface area (Å²) in [5.74, 6) is -1.19. The summed E-state index contributed by atoms with van der Waals surface area (Å²) in [4.78, 5) is 11.0.